The number of rotatable bonds is 6. The topological polar surface area (TPSA) is 58.6 Å². The summed E-state index contributed by atoms with van der Waals surface area (Å²) >= 11 is 1.58. The average Bonchev–Trinajstić information content (AvgIpc) is 2.93. The molecular weight excluding hydrogens is 346 g/mol. The number of thiophene rings is 1. The van der Waals surface area contributed by atoms with Gasteiger partial charge in [-0.25, -0.2) is 0 Å². The Morgan fingerprint density at radius 1 is 1.19 bits per heavy atom. The molecule has 0 fully saturated rings. The molecule has 0 radical (unpaired) electrons. The molecule has 0 aliphatic carbocycles. The van der Waals surface area contributed by atoms with Crippen molar-refractivity contribution in [3.05, 3.63) is 64.5 Å². The Labute approximate surface area is 157 Å². The van der Waals surface area contributed by atoms with Crippen LogP contribution in [0.3, 0.4) is 0 Å². The van der Waals surface area contributed by atoms with Crippen LogP contribution >= 0.6 is 11.3 Å². The minimum absolute atomic E-state index is 0.170. The lowest BCUT2D eigenvalue weighted by molar-refractivity contribution is 0.0695. The highest BCUT2D eigenvalue weighted by atomic mass is 32.1. The first-order valence-electron chi connectivity index (χ1n) is 8.54. The van der Waals surface area contributed by atoms with Crippen molar-refractivity contribution in [1.29, 1.82) is 0 Å². The lowest BCUT2D eigenvalue weighted by Crippen LogP contribution is -2.38. The molecule has 0 bridgehead atoms. The van der Waals surface area contributed by atoms with E-state index >= 15 is 0 Å². The maximum absolute atomic E-state index is 12.6. The van der Waals surface area contributed by atoms with Gasteiger partial charge in [-0.2, -0.15) is 0 Å². The summed E-state index contributed by atoms with van der Waals surface area (Å²) in [6.07, 6.45) is 0. The van der Waals surface area contributed by atoms with E-state index in [9.17, 15) is 9.90 Å². The fraction of sp³-hybridized carbons (Fsp3) is 0.286. The number of hydrogen-bond donors (Lipinski definition) is 2. The number of aryl methyl sites for hydroxylation is 1. The summed E-state index contributed by atoms with van der Waals surface area (Å²) < 4.78 is 6.94. The van der Waals surface area contributed by atoms with Crippen molar-refractivity contribution in [1.82, 2.24) is 5.32 Å². The van der Waals surface area contributed by atoms with Crippen LogP contribution in [0.25, 0.3) is 10.1 Å². The van der Waals surface area contributed by atoms with E-state index in [2.05, 4.69) is 5.32 Å². The third-order valence-electron chi connectivity index (χ3n) is 3.99. The zero-order valence-corrected chi connectivity index (χ0v) is 16.0. The number of carbonyl (C=O) groups excluding carboxylic acids is 1. The molecular formula is C21H23NO3S. The van der Waals surface area contributed by atoms with Crippen LogP contribution in [0.2, 0.25) is 0 Å². The zero-order chi connectivity index (χ0) is 18.7. The molecule has 0 atom stereocenters. The fourth-order valence-electron chi connectivity index (χ4n) is 2.70. The van der Waals surface area contributed by atoms with E-state index in [4.69, 9.17) is 4.74 Å². The van der Waals surface area contributed by atoms with Crippen molar-refractivity contribution in [2.24, 2.45) is 0 Å². The van der Waals surface area contributed by atoms with Gasteiger partial charge in [-0.05, 0) is 44.5 Å². The van der Waals surface area contributed by atoms with Crippen LogP contribution in [0.5, 0.6) is 5.75 Å². The number of benzene rings is 2. The number of nitrogens with one attached hydrogen (secondary N) is 1. The highest BCUT2D eigenvalue weighted by molar-refractivity contribution is 7.19. The van der Waals surface area contributed by atoms with E-state index in [1.165, 1.54) is 0 Å². The van der Waals surface area contributed by atoms with E-state index in [0.29, 0.717) is 12.2 Å². The Morgan fingerprint density at radius 3 is 2.62 bits per heavy atom. The van der Waals surface area contributed by atoms with Crippen LogP contribution in [0.4, 0.5) is 0 Å². The second-order valence-electron chi connectivity index (χ2n) is 6.96. The molecule has 26 heavy (non-hydrogen) atoms. The highest BCUT2D eigenvalue weighted by Gasteiger charge is 2.20. The standard InChI is InChI=1S/C21H23NO3S/c1-14-19(20(23)22-13-21(2,3)24)17-11-16(9-10-18(17)26-14)25-12-15-7-5-4-6-8-15/h4-11,24H,12-13H2,1-3H3,(H,22,23). The van der Waals surface area contributed by atoms with Gasteiger partial charge < -0.3 is 15.2 Å². The molecule has 3 rings (SSSR count). The van der Waals surface area contributed by atoms with Gasteiger partial charge in [0.05, 0.1) is 11.2 Å². The summed E-state index contributed by atoms with van der Waals surface area (Å²) in [5.41, 5.74) is 0.802. The maximum Gasteiger partial charge on any atom is 0.253 e. The first-order chi connectivity index (χ1) is 12.3. The third-order valence-corrected chi connectivity index (χ3v) is 5.08. The number of hydrogen-bond acceptors (Lipinski definition) is 4. The number of amides is 1. The number of ether oxygens (including phenoxy) is 1. The van der Waals surface area contributed by atoms with Gasteiger partial charge in [0.1, 0.15) is 12.4 Å². The van der Waals surface area contributed by atoms with Crippen LogP contribution in [0.1, 0.15) is 34.6 Å². The largest absolute Gasteiger partial charge is 0.489 e. The monoisotopic (exact) mass is 369 g/mol. The van der Waals surface area contributed by atoms with Gasteiger partial charge in [0.2, 0.25) is 0 Å². The summed E-state index contributed by atoms with van der Waals surface area (Å²) in [5, 5.41) is 13.5. The second-order valence-corrected chi connectivity index (χ2v) is 8.22. The molecule has 0 spiro atoms. The minimum atomic E-state index is -0.945. The molecule has 2 N–H and O–H groups in total. The third kappa shape index (κ3) is 4.42. The average molecular weight is 369 g/mol. The Bertz CT molecular complexity index is 910. The van der Waals surface area contributed by atoms with E-state index in [-0.39, 0.29) is 12.5 Å². The van der Waals surface area contributed by atoms with Crippen molar-refractivity contribution < 1.29 is 14.6 Å². The van der Waals surface area contributed by atoms with Crippen LogP contribution in [-0.2, 0) is 6.61 Å². The zero-order valence-electron chi connectivity index (χ0n) is 15.2. The normalized spacial score (nSPS) is 11.5. The summed E-state index contributed by atoms with van der Waals surface area (Å²) in [7, 11) is 0. The smallest absolute Gasteiger partial charge is 0.253 e. The summed E-state index contributed by atoms with van der Waals surface area (Å²) in [6.45, 7) is 5.96. The SMILES string of the molecule is Cc1sc2ccc(OCc3ccccc3)cc2c1C(=O)NCC(C)(C)O. The summed E-state index contributed by atoms with van der Waals surface area (Å²) in [5.74, 6) is 0.562. The molecule has 0 aliphatic heterocycles. The van der Waals surface area contributed by atoms with Crippen molar-refractivity contribution in [2.75, 3.05) is 6.54 Å². The number of aliphatic hydroxyl groups is 1. The second kappa shape index (κ2) is 7.48. The van der Waals surface area contributed by atoms with E-state index < -0.39 is 5.60 Å². The van der Waals surface area contributed by atoms with Crippen LogP contribution < -0.4 is 10.1 Å². The van der Waals surface area contributed by atoms with Crippen LogP contribution in [0, 0.1) is 6.92 Å². The van der Waals surface area contributed by atoms with Gasteiger partial charge in [0.25, 0.3) is 5.91 Å². The van der Waals surface area contributed by atoms with Gasteiger partial charge in [0.15, 0.2) is 0 Å². The van der Waals surface area contributed by atoms with Crippen molar-refractivity contribution >= 4 is 27.3 Å². The quantitative estimate of drug-likeness (QED) is 0.681. The Balaban J connectivity index is 1.82. The lowest BCUT2D eigenvalue weighted by Gasteiger charge is -2.17. The minimum Gasteiger partial charge on any atom is -0.489 e. The maximum atomic E-state index is 12.6. The number of carbonyl (C=O) groups is 1. The van der Waals surface area contributed by atoms with E-state index in [1.807, 2.05) is 55.5 Å². The van der Waals surface area contributed by atoms with Crippen molar-refractivity contribution in [3.63, 3.8) is 0 Å². The fourth-order valence-corrected chi connectivity index (χ4v) is 3.74. The van der Waals surface area contributed by atoms with Gasteiger partial charge in [-0.1, -0.05) is 30.3 Å². The number of fused-ring (bicyclic) bond motifs is 1. The van der Waals surface area contributed by atoms with Gasteiger partial charge in [0, 0.05) is 21.5 Å². The molecule has 1 heterocycles. The molecule has 4 nitrogen and oxygen atoms in total. The Kier molecular flexibility index (Phi) is 5.30. The molecule has 0 saturated carbocycles. The first-order valence-corrected chi connectivity index (χ1v) is 9.35. The van der Waals surface area contributed by atoms with Crippen LogP contribution in [-0.4, -0.2) is 23.2 Å². The predicted molar refractivity (Wildman–Crippen MR) is 106 cm³/mol. The Morgan fingerprint density at radius 2 is 1.92 bits per heavy atom. The molecule has 0 saturated heterocycles. The molecule has 136 valence electrons. The molecule has 0 unspecified atom stereocenters. The Hall–Kier alpha value is -2.37. The molecule has 3 aromatic rings. The first kappa shape index (κ1) is 18.4. The van der Waals surface area contributed by atoms with Gasteiger partial charge in [-0.3, -0.25) is 4.79 Å². The molecule has 5 heteroatoms. The summed E-state index contributed by atoms with van der Waals surface area (Å²) in [6, 6.07) is 15.8. The van der Waals surface area contributed by atoms with Crippen molar-refractivity contribution in [2.45, 2.75) is 33.0 Å². The van der Waals surface area contributed by atoms with Gasteiger partial charge >= 0.3 is 0 Å². The van der Waals surface area contributed by atoms with Crippen molar-refractivity contribution in [3.8, 4) is 5.75 Å². The predicted octanol–water partition coefficient (Wildman–Crippen LogP) is 4.29. The van der Waals surface area contributed by atoms with E-state index in [1.54, 1.807) is 25.2 Å². The molecule has 1 amide bonds. The molecule has 2 aromatic carbocycles. The summed E-state index contributed by atoms with van der Waals surface area (Å²) in [4.78, 5) is 13.6. The molecule has 0 aliphatic rings. The molecule has 1 aromatic heterocycles. The lowest BCUT2D eigenvalue weighted by atomic mass is 10.1. The van der Waals surface area contributed by atoms with Crippen LogP contribution in [0.15, 0.2) is 48.5 Å². The van der Waals surface area contributed by atoms with E-state index in [0.717, 1.165) is 26.3 Å². The van der Waals surface area contributed by atoms with Gasteiger partial charge in [-0.15, -0.1) is 11.3 Å². The highest BCUT2D eigenvalue weighted by Crippen LogP contribution is 2.33.